The van der Waals surface area contributed by atoms with Gasteiger partial charge in [-0.05, 0) is 47.5 Å². The van der Waals surface area contributed by atoms with Crippen molar-refractivity contribution in [1.82, 2.24) is 4.90 Å². The summed E-state index contributed by atoms with van der Waals surface area (Å²) in [5, 5.41) is 11.8. The summed E-state index contributed by atoms with van der Waals surface area (Å²) in [4.78, 5) is 29.9. The number of nitro benzene ring substituents is 1. The molecule has 7 nitrogen and oxygen atoms in total. The molecule has 0 aliphatic carbocycles. The number of carbonyl (C=O) groups is 1. The van der Waals surface area contributed by atoms with Gasteiger partial charge in [-0.1, -0.05) is 31.2 Å². The maximum absolute atomic E-state index is 12.6. The van der Waals surface area contributed by atoms with Crippen LogP contribution in [0.3, 0.4) is 0 Å². The number of aliphatic imine (C=N–C) groups is 1. The van der Waals surface area contributed by atoms with Crippen LogP contribution in [0.25, 0.3) is 6.08 Å². The standard InChI is InChI=1S/C20H19N3O4S/c1-4-14-7-5-6-8-15(14)21-20-22(2)19(24)18(28-20)12-13-9-10-17(27-3)16(11-13)23(25)26/h5-12H,4H2,1-3H3/b18-12+,21-20?. The normalized spacial score (nSPS) is 16.8. The Labute approximate surface area is 166 Å². The molecule has 0 spiro atoms. The lowest BCUT2D eigenvalue weighted by Crippen LogP contribution is -2.23. The van der Waals surface area contributed by atoms with E-state index >= 15 is 0 Å². The molecule has 0 N–H and O–H groups in total. The van der Waals surface area contributed by atoms with Gasteiger partial charge in [-0.2, -0.15) is 0 Å². The van der Waals surface area contributed by atoms with Crippen LogP contribution in [0.15, 0.2) is 52.4 Å². The maximum Gasteiger partial charge on any atom is 0.311 e. The van der Waals surface area contributed by atoms with E-state index in [0.717, 1.165) is 17.7 Å². The van der Waals surface area contributed by atoms with Crippen LogP contribution in [0, 0.1) is 10.1 Å². The van der Waals surface area contributed by atoms with Crippen molar-refractivity contribution in [3.63, 3.8) is 0 Å². The van der Waals surface area contributed by atoms with Gasteiger partial charge in [-0.25, -0.2) is 4.99 Å². The van der Waals surface area contributed by atoms with Gasteiger partial charge in [0.1, 0.15) is 0 Å². The van der Waals surface area contributed by atoms with E-state index in [1.165, 1.54) is 35.9 Å². The number of hydrogen-bond donors (Lipinski definition) is 0. The Bertz CT molecular complexity index is 1000. The third kappa shape index (κ3) is 3.91. The van der Waals surface area contributed by atoms with E-state index in [0.29, 0.717) is 15.6 Å². The Morgan fingerprint density at radius 2 is 2.04 bits per heavy atom. The number of methoxy groups -OCH3 is 1. The minimum absolute atomic E-state index is 0.147. The van der Waals surface area contributed by atoms with E-state index in [2.05, 4.69) is 11.9 Å². The number of benzene rings is 2. The summed E-state index contributed by atoms with van der Waals surface area (Å²) >= 11 is 1.25. The Morgan fingerprint density at radius 3 is 2.71 bits per heavy atom. The Balaban J connectivity index is 1.94. The lowest BCUT2D eigenvalue weighted by atomic mass is 10.1. The third-order valence-corrected chi connectivity index (χ3v) is 5.35. The topological polar surface area (TPSA) is 85.0 Å². The first-order valence-corrected chi connectivity index (χ1v) is 9.43. The first kappa shape index (κ1) is 19.6. The lowest BCUT2D eigenvalue weighted by molar-refractivity contribution is -0.385. The smallest absolute Gasteiger partial charge is 0.311 e. The quantitative estimate of drug-likeness (QED) is 0.424. The van der Waals surface area contributed by atoms with Crippen LogP contribution in [0.4, 0.5) is 11.4 Å². The first-order valence-electron chi connectivity index (χ1n) is 8.61. The van der Waals surface area contributed by atoms with E-state index in [1.807, 2.05) is 24.3 Å². The average molecular weight is 397 g/mol. The van der Waals surface area contributed by atoms with Gasteiger partial charge in [0.2, 0.25) is 0 Å². The van der Waals surface area contributed by atoms with Crippen LogP contribution in [-0.2, 0) is 11.2 Å². The Hall–Kier alpha value is -3.13. The fourth-order valence-corrected chi connectivity index (χ4v) is 3.74. The van der Waals surface area contributed by atoms with E-state index in [9.17, 15) is 14.9 Å². The van der Waals surface area contributed by atoms with Crippen molar-refractivity contribution in [2.24, 2.45) is 4.99 Å². The van der Waals surface area contributed by atoms with Crippen LogP contribution < -0.4 is 4.74 Å². The average Bonchev–Trinajstić information content (AvgIpc) is 2.96. The molecule has 1 amide bonds. The van der Waals surface area contributed by atoms with Crippen molar-refractivity contribution in [3.05, 3.63) is 68.6 Å². The van der Waals surface area contributed by atoms with Gasteiger partial charge >= 0.3 is 5.69 Å². The second kappa shape index (κ2) is 8.26. The number of nitrogens with zero attached hydrogens (tertiary/aromatic N) is 3. The van der Waals surface area contributed by atoms with Crippen LogP contribution in [0.5, 0.6) is 5.75 Å². The zero-order valence-corrected chi connectivity index (χ0v) is 16.5. The van der Waals surface area contributed by atoms with Gasteiger partial charge in [0.05, 0.1) is 22.6 Å². The van der Waals surface area contributed by atoms with E-state index in [-0.39, 0.29) is 17.3 Å². The fourth-order valence-electron chi connectivity index (χ4n) is 2.76. The number of aryl methyl sites for hydroxylation is 1. The van der Waals surface area contributed by atoms with Gasteiger partial charge in [0, 0.05) is 13.1 Å². The van der Waals surface area contributed by atoms with Gasteiger partial charge in [-0.15, -0.1) is 0 Å². The van der Waals surface area contributed by atoms with Crippen LogP contribution >= 0.6 is 11.8 Å². The third-order valence-electron chi connectivity index (χ3n) is 4.29. The van der Waals surface area contributed by atoms with Crippen molar-refractivity contribution >= 4 is 40.3 Å². The summed E-state index contributed by atoms with van der Waals surface area (Å²) < 4.78 is 5.01. The molecule has 0 atom stereocenters. The SMILES string of the molecule is CCc1ccccc1N=C1S/C(=C/c2ccc(OC)c([N+](=O)[O-])c2)C(=O)N1C. The van der Waals surface area contributed by atoms with Crippen molar-refractivity contribution < 1.29 is 14.5 Å². The summed E-state index contributed by atoms with van der Waals surface area (Å²) in [7, 11) is 3.04. The van der Waals surface area contributed by atoms with Crippen LogP contribution in [0.2, 0.25) is 0 Å². The second-order valence-corrected chi connectivity index (χ2v) is 7.05. The molecule has 0 saturated carbocycles. The van der Waals surface area contributed by atoms with Crippen molar-refractivity contribution in [3.8, 4) is 5.75 Å². The highest BCUT2D eigenvalue weighted by atomic mass is 32.2. The number of carbonyl (C=O) groups excluding carboxylic acids is 1. The summed E-state index contributed by atoms with van der Waals surface area (Å²) in [6, 6.07) is 12.4. The maximum atomic E-state index is 12.6. The fraction of sp³-hybridized carbons (Fsp3) is 0.200. The number of hydrogen-bond acceptors (Lipinski definition) is 6. The van der Waals surface area contributed by atoms with Gasteiger partial charge in [-0.3, -0.25) is 19.8 Å². The van der Waals surface area contributed by atoms with E-state index < -0.39 is 4.92 Å². The lowest BCUT2D eigenvalue weighted by Gasteiger charge is -2.08. The number of nitro groups is 1. The molecule has 2 aromatic carbocycles. The molecule has 0 unspecified atom stereocenters. The van der Waals surface area contributed by atoms with Crippen molar-refractivity contribution in [1.29, 1.82) is 0 Å². The summed E-state index contributed by atoms with van der Waals surface area (Å²) in [6.45, 7) is 2.05. The highest BCUT2D eigenvalue weighted by molar-refractivity contribution is 8.18. The predicted molar refractivity (Wildman–Crippen MR) is 111 cm³/mol. The molecule has 1 heterocycles. The first-order chi connectivity index (χ1) is 13.4. The highest BCUT2D eigenvalue weighted by Crippen LogP contribution is 2.35. The highest BCUT2D eigenvalue weighted by Gasteiger charge is 2.30. The Morgan fingerprint density at radius 1 is 1.29 bits per heavy atom. The van der Waals surface area contributed by atoms with E-state index in [4.69, 9.17) is 4.74 Å². The van der Waals surface area contributed by atoms with Gasteiger partial charge in [0.15, 0.2) is 10.9 Å². The number of likely N-dealkylation sites (N-methyl/N-ethyl adjacent to an activating group) is 1. The summed E-state index contributed by atoms with van der Waals surface area (Å²) in [5.74, 6) is -0.0238. The molecule has 144 valence electrons. The zero-order chi connectivity index (χ0) is 20.3. The summed E-state index contributed by atoms with van der Waals surface area (Å²) in [5.41, 5.74) is 2.33. The second-order valence-electron chi connectivity index (χ2n) is 6.04. The molecule has 0 aromatic heterocycles. The molecule has 28 heavy (non-hydrogen) atoms. The number of amides is 1. The number of thioether (sulfide) groups is 1. The molecule has 1 saturated heterocycles. The van der Waals surface area contributed by atoms with Gasteiger partial charge in [0.25, 0.3) is 5.91 Å². The van der Waals surface area contributed by atoms with Crippen molar-refractivity contribution in [2.45, 2.75) is 13.3 Å². The molecular formula is C20H19N3O4S. The number of rotatable bonds is 5. The minimum Gasteiger partial charge on any atom is -0.490 e. The molecule has 8 heteroatoms. The van der Waals surface area contributed by atoms with Crippen LogP contribution in [0.1, 0.15) is 18.1 Å². The molecule has 1 fully saturated rings. The summed E-state index contributed by atoms with van der Waals surface area (Å²) in [6.07, 6.45) is 2.47. The number of ether oxygens (including phenoxy) is 1. The van der Waals surface area contributed by atoms with E-state index in [1.54, 1.807) is 19.2 Å². The molecule has 0 bridgehead atoms. The zero-order valence-electron chi connectivity index (χ0n) is 15.7. The van der Waals surface area contributed by atoms with Gasteiger partial charge < -0.3 is 4.74 Å². The molecule has 2 aromatic rings. The number of amidine groups is 1. The van der Waals surface area contributed by atoms with Crippen LogP contribution in [-0.4, -0.2) is 35.1 Å². The predicted octanol–water partition coefficient (Wildman–Crippen LogP) is 4.40. The van der Waals surface area contributed by atoms with Crippen molar-refractivity contribution in [2.75, 3.05) is 14.2 Å². The molecule has 1 aliphatic heterocycles. The molecule has 0 radical (unpaired) electrons. The molecule has 1 aliphatic rings. The molecule has 3 rings (SSSR count). The Kier molecular flexibility index (Phi) is 5.79. The number of para-hydroxylation sites is 1. The minimum atomic E-state index is -0.509. The largest absolute Gasteiger partial charge is 0.490 e. The molecular weight excluding hydrogens is 378 g/mol. The monoisotopic (exact) mass is 397 g/mol.